The summed E-state index contributed by atoms with van der Waals surface area (Å²) in [5.74, 6) is -0.476. The van der Waals surface area contributed by atoms with Gasteiger partial charge in [0.2, 0.25) is 11.8 Å². The van der Waals surface area contributed by atoms with E-state index in [-0.39, 0.29) is 30.8 Å². The van der Waals surface area contributed by atoms with Crippen LogP contribution in [-0.2, 0) is 14.3 Å². The molecule has 0 spiro atoms. The van der Waals surface area contributed by atoms with Crippen LogP contribution in [0.1, 0.15) is 10.4 Å². The number of likely N-dealkylation sites (N-methyl/N-ethyl adjacent to an activating group) is 1. The third kappa shape index (κ3) is 5.84. The SMILES string of the molecule is CNC(=O)c1cccc(NC(=O)CN(C)CC(=O)N2CCOCC2)c1. The van der Waals surface area contributed by atoms with Gasteiger partial charge in [0, 0.05) is 31.4 Å². The molecule has 1 fully saturated rings. The van der Waals surface area contributed by atoms with Crippen molar-refractivity contribution in [2.45, 2.75) is 0 Å². The molecule has 2 rings (SSSR count). The molecule has 0 aromatic heterocycles. The smallest absolute Gasteiger partial charge is 0.251 e. The number of benzene rings is 1. The van der Waals surface area contributed by atoms with Crippen LogP contribution in [0.5, 0.6) is 0 Å². The number of nitrogens with one attached hydrogen (secondary N) is 2. The fourth-order valence-electron chi connectivity index (χ4n) is 2.53. The van der Waals surface area contributed by atoms with Gasteiger partial charge in [0.1, 0.15) is 0 Å². The van der Waals surface area contributed by atoms with Crippen LogP contribution in [0.3, 0.4) is 0 Å². The highest BCUT2D eigenvalue weighted by atomic mass is 16.5. The molecule has 8 nitrogen and oxygen atoms in total. The van der Waals surface area contributed by atoms with Gasteiger partial charge < -0.3 is 20.3 Å². The molecule has 0 unspecified atom stereocenters. The second kappa shape index (κ2) is 9.14. The van der Waals surface area contributed by atoms with Crippen molar-refractivity contribution in [2.75, 3.05) is 58.8 Å². The monoisotopic (exact) mass is 348 g/mol. The van der Waals surface area contributed by atoms with E-state index in [4.69, 9.17) is 4.74 Å². The van der Waals surface area contributed by atoms with Gasteiger partial charge in [-0.05, 0) is 25.2 Å². The highest BCUT2D eigenvalue weighted by Crippen LogP contribution is 2.10. The average Bonchev–Trinajstić information content (AvgIpc) is 2.61. The summed E-state index contributed by atoms with van der Waals surface area (Å²) in [7, 11) is 3.27. The van der Waals surface area contributed by atoms with E-state index < -0.39 is 0 Å². The highest BCUT2D eigenvalue weighted by molar-refractivity contribution is 5.97. The van der Waals surface area contributed by atoms with Crippen LogP contribution in [0.4, 0.5) is 5.69 Å². The van der Waals surface area contributed by atoms with E-state index in [0.29, 0.717) is 37.6 Å². The largest absolute Gasteiger partial charge is 0.378 e. The molecule has 0 aliphatic carbocycles. The van der Waals surface area contributed by atoms with Gasteiger partial charge in [-0.25, -0.2) is 0 Å². The van der Waals surface area contributed by atoms with Gasteiger partial charge in [-0.15, -0.1) is 0 Å². The van der Waals surface area contributed by atoms with E-state index in [0.717, 1.165) is 0 Å². The molecule has 3 amide bonds. The molecular weight excluding hydrogens is 324 g/mol. The third-order valence-electron chi connectivity index (χ3n) is 3.82. The topological polar surface area (TPSA) is 91.0 Å². The first-order valence-corrected chi connectivity index (χ1v) is 8.15. The van der Waals surface area contributed by atoms with Gasteiger partial charge in [0.05, 0.1) is 26.3 Å². The molecule has 2 N–H and O–H groups in total. The van der Waals surface area contributed by atoms with Crippen LogP contribution >= 0.6 is 0 Å². The van der Waals surface area contributed by atoms with Crippen molar-refractivity contribution in [2.24, 2.45) is 0 Å². The Labute approximate surface area is 147 Å². The van der Waals surface area contributed by atoms with Gasteiger partial charge in [-0.2, -0.15) is 0 Å². The second-order valence-corrected chi connectivity index (χ2v) is 5.87. The van der Waals surface area contributed by atoms with Crippen molar-refractivity contribution < 1.29 is 19.1 Å². The lowest BCUT2D eigenvalue weighted by Gasteiger charge is -2.28. The lowest BCUT2D eigenvalue weighted by molar-refractivity contribution is -0.136. The minimum Gasteiger partial charge on any atom is -0.378 e. The Kier molecular flexibility index (Phi) is 6.91. The van der Waals surface area contributed by atoms with Crippen molar-refractivity contribution >= 4 is 23.4 Å². The maximum Gasteiger partial charge on any atom is 0.251 e. The minimum absolute atomic E-state index is 0.0137. The van der Waals surface area contributed by atoms with Gasteiger partial charge in [-0.3, -0.25) is 19.3 Å². The first kappa shape index (κ1) is 18.9. The van der Waals surface area contributed by atoms with Gasteiger partial charge in [-0.1, -0.05) is 6.07 Å². The van der Waals surface area contributed by atoms with Crippen molar-refractivity contribution in [3.8, 4) is 0 Å². The Bertz CT molecular complexity index is 629. The summed E-state index contributed by atoms with van der Waals surface area (Å²) >= 11 is 0. The molecule has 0 bridgehead atoms. The van der Waals surface area contributed by atoms with Crippen molar-refractivity contribution in [3.63, 3.8) is 0 Å². The number of ether oxygens (including phenoxy) is 1. The quantitative estimate of drug-likeness (QED) is 0.741. The zero-order valence-electron chi connectivity index (χ0n) is 14.6. The molecule has 25 heavy (non-hydrogen) atoms. The van der Waals surface area contributed by atoms with Crippen LogP contribution < -0.4 is 10.6 Å². The lowest BCUT2D eigenvalue weighted by atomic mass is 10.2. The van der Waals surface area contributed by atoms with E-state index in [2.05, 4.69) is 10.6 Å². The molecule has 1 aromatic rings. The van der Waals surface area contributed by atoms with Gasteiger partial charge in [0.25, 0.3) is 5.91 Å². The van der Waals surface area contributed by atoms with Crippen molar-refractivity contribution in [1.29, 1.82) is 0 Å². The van der Waals surface area contributed by atoms with Crippen LogP contribution in [0, 0.1) is 0 Å². The van der Waals surface area contributed by atoms with E-state index in [1.54, 1.807) is 48.2 Å². The molecule has 1 saturated heterocycles. The Morgan fingerprint density at radius 1 is 1.20 bits per heavy atom. The standard InChI is InChI=1S/C17H24N4O4/c1-18-17(24)13-4-3-5-14(10-13)19-15(22)11-20(2)12-16(23)21-6-8-25-9-7-21/h3-5,10H,6-9,11-12H2,1-2H3,(H,18,24)(H,19,22). The summed E-state index contributed by atoms with van der Waals surface area (Å²) < 4.78 is 5.22. The Balaban J connectivity index is 1.83. The highest BCUT2D eigenvalue weighted by Gasteiger charge is 2.19. The first-order valence-electron chi connectivity index (χ1n) is 8.15. The summed E-state index contributed by atoms with van der Waals surface area (Å²) in [5, 5.41) is 5.28. The average molecular weight is 348 g/mol. The molecular formula is C17H24N4O4. The molecule has 136 valence electrons. The molecule has 1 heterocycles. The number of morpholine rings is 1. The molecule has 1 aliphatic heterocycles. The maximum absolute atomic E-state index is 12.2. The lowest BCUT2D eigenvalue weighted by Crippen LogP contribution is -2.46. The van der Waals surface area contributed by atoms with E-state index in [1.165, 1.54) is 0 Å². The zero-order valence-corrected chi connectivity index (χ0v) is 14.6. The third-order valence-corrected chi connectivity index (χ3v) is 3.82. The summed E-state index contributed by atoms with van der Waals surface area (Å²) in [5.41, 5.74) is 1.01. The van der Waals surface area contributed by atoms with E-state index in [9.17, 15) is 14.4 Å². The van der Waals surface area contributed by atoms with Crippen molar-refractivity contribution in [3.05, 3.63) is 29.8 Å². The molecule has 0 radical (unpaired) electrons. The first-order chi connectivity index (χ1) is 12.0. The Morgan fingerprint density at radius 3 is 2.60 bits per heavy atom. The number of carbonyl (C=O) groups excluding carboxylic acids is 3. The normalized spacial score (nSPS) is 14.3. The summed E-state index contributed by atoms with van der Waals surface area (Å²) in [6.45, 7) is 2.54. The van der Waals surface area contributed by atoms with Crippen molar-refractivity contribution in [1.82, 2.24) is 15.1 Å². The fraction of sp³-hybridized carbons (Fsp3) is 0.471. The minimum atomic E-state index is -0.244. The van der Waals surface area contributed by atoms with Crippen LogP contribution in [0.2, 0.25) is 0 Å². The summed E-state index contributed by atoms with van der Waals surface area (Å²) in [6, 6.07) is 6.69. The number of anilines is 1. The fourth-order valence-corrected chi connectivity index (χ4v) is 2.53. The number of amides is 3. The van der Waals surface area contributed by atoms with Crippen LogP contribution in [-0.4, -0.2) is 81.0 Å². The predicted octanol–water partition coefficient (Wildman–Crippen LogP) is -0.225. The Morgan fingerprint density at radius 2 is 1.92 bits per heavy atom. The molecule has 1 aromatic carbocycles. The predicted molar refractivity (Wildman–Crippen MR) is 93.4 cm³/mol. The molecule has 0 saturated carbocycles. The van der Waals surface area contributed by atoms with Gasteiger partial charge >= 0.3 is 0 Å². The van der Waals surface area contributed by atoms with E-state index >= 15 is 0 Å². The number of hydrogen-bond donors (Lipinski definition) is 2. The zero-order chi connectivity index (χ0) is 18.2. The summed E-state index contributed by atoms with van der Waals surface area (Å²) in [6.07, 6.45) is 0. The number of rotatable bonds is 6. The van der Waals surface area contributed by atoms with Crippen LogP contribution in [0.15, 0.2) is 24.3 Å². The molecule has 0 atom stereocenters. The molecule has 8 heteroatoms. The number of hydrogen-bond acceptors (Lipinski definition) is 5. The van der Waals surface area contributed by atoms with Crippen LogP contribution in [0.25, 0.3) is 0 Å². The number of carbonyl (C=O) groups is 3. The second-order valence-electron chi connectivity index (χ2n) is 5.87. The number of nitrogens with zero attached hydrogens (tertiary/aromatic N) is 2. The maximum atomic E-state index is 12.2. The van der Waals surface area contributed by atoms with E-state index in [1.807, 2.05) is 0 Å². The molecule has 1 aliphatic rings. The van der Waals surface area contributed by atoms with Gasteiger partial charge in [0.15, 0.2) is 0 Å². The summed E-state index contributed by atoms with van der Waals surface area (Å²) in [4.78, 5) is 39.3. The Hall–Kier alpha value is -2.45.